The van der Waals surface area contributed by atoms with E-state index in [4.69, 9.17) is 9.47 Å². The van der Waals surface area contributed by atoms with Gasteiger partial charge in [0, 0.05) is 11.3 Å². The lowest BCUT2D eigenvalue weighted by Gasteiger charge is -2.14. The topological polar surface area (TPSA) is 47.6 Å². The van der Waals surface area contributed by atoms with Crippen molar-refractivity contribution in [2.24, 2.45) is 0 Å². The number of ether oxygens (including phenoxy) is 2. The van der Waals surface area contributed by atoms with Crippen molar-refractivity contribution in [3.05, 3.63) is 66.2 Å². The average molecular weight is 351 g/mol. The van der Waals surface area contributed by atoms with Crippen molar-refractivity contribution in [3.63, 3.8) is 0 Å². The van der Waals surface area contributed by atoms with Crippen molar-refractivity contribution < 1.29 is 14.3 Å². The van der Waals surface area contributed by atoms with Crippen molar-refractivity contribution in [2.45, 2.75) is 38.2 Å². The summed E-state index contributed by atoms with van der Waals surface area (Å²) in [6.45, 7) is 3.75. The Morgan fingerprint density at radius 1 is 1.19 bits per heavy atom. The summed E-state index contributed by atoms with van der Waals surface area (Å²) >= 11 is 0. The van der Waals surface area contributed by atoms with E-state index in [1.807, 2.05) is 36.4 Å². The molecule has 1 amide bonds. The van der Waals surface area contributed by atoms with Gasteiger partial charge in [-0.25, -0.2) is 0 Å². The Hall–Kier alpha value is -2.75. The number of rotatable bonds is 7. The van der Waals surface area contributed by atoms with E-state index in [0.29, 0.717) is 18.1 Å². The zero-order chi connectivity index (χ0) is 18.4. The zero-order valence-corrected chi connectivity index (χ0v) is 15.2. The van der Waals surface area contributed by atoms with Crippen LogP contribution in [-0.2, 0) is 6.42 Å². The minimum absolute atomic E-state index is 0.151. The van der Waals surface area contributed by atoms with Crippen LogP contribution in [0.2, 0.25) is 0 Å². The summed E-state index contributed by atoms with van der Waals surface area (Å²) in [5, 5.41) is 2.92. The van der Waals surface area contributed by atoms with Gasteiger partial charge in [-0.3, -0.25) is 4.79 Å². The highest BCUT2D eigenvalue weighted by Gasteiger charge is 2.16. The van der Waals surface area contributed by atoms with Crippen molar-refractivity contribution in [3.8, 4) is 11.5 Å². The van der Waals surface area contributed by atoms with Gasteiger partial charge in [0.2, 0.25) is 0 Å². The number of carbonyl (C=O) groups excluding carboxylic acids is 1. The number of benzene rings is 2. The second-order valence-electron chi connectivity index (χ2n) is 6.52. The van der Waals surface area contributed by atoms with Crippen molar-refractivity contribution in [2.75, 3.05) is 12.4 Å². The molecule has 2 aromatic carbocycles. The maximum absolute atomic E-state index is 12.5. The number of nitrogens with one attached hydrogen (secondary N) is 1. The second-order valence-corrected chi connectivity index (χ2v) is 6.52. The summed E-state index contributed by atoms with van der Waals surface area (Å²) < 4.78 is 11.3. The van der Waals surface area contributed by atoms with Crippen LogP contribution in [0, 0.1) is 0 Å². The lowest BCUT2D eigenvalue weighted by atomic mass is 10.1. The second kappa shape index (κ2) is 8.56. The molecule has 1 aliphatic carbocycles. The van der Waals surface area contributed by atoms with Crippen molar-refractivity contribution in [1.29, 1.82) is 0 Å². The van der Waals surface area contributed by atoms with Crippen LogP contribution in [0.1, 0.15) is 41.6 Å². The van der Waals surface area contributed by atoms with E-state index < -0.39 is 0 Å². The molecule has 0 bridgehead atoms. The number of anilines is 1. The Kier molecular flexibility index (Phi) is 5.95. The van der Waals surface area contributed by atoms with Gasteiger partial charge in [0.15, 0.2) is 0 Å². The Morgan fingerprint density at radius 2 is 1.92 bits per heavy atom. The van der Waals surface area contributed by atoms with Crippen LogP contribution in [0.3, 0.4) is 0 Å². The maximum Gasteiger partial charge on any atom is 0.255 e. The van der Waals surface area contributed by atoms with E-state index in [-0.39, 0.29) is 5.91 Å². The van der Waals surface area contributed by atoms with Gasteiger partial charge in [0.25, 0.3) is 5.91 Å². The predicted molar refractivity (Wildman–Crippen MR) is 104 cm³/mol. The molecular formula is C22H25NO3. The molecule has 136 valence electrons. The molecule has 0 aliphatic heterocycles. The van der Waals surface area contributed by atoms with Crippen LogP contribution in [0.4, 0.5) is 5.69 Å². The molecule has 2 aromatic rings. The zero-order valence-electron chi connectivity index (χ0n) is 15.2. The predicted octanol–water partition coefficient (Wildman–Crippen LogP) is 5.00. The van der Waals surface area contributed by atoms with Gasteiger partial charge in [-0.2, -0.15) is 0 Å². The third-order valence-electron chi connectivity index (χ3n) is 4.62. The van der Waals surface area contributed by atoms with Crippen LogP contribution < -0.4 is 14.8 Å². The van der Waals surface area contributed by atoms with Gasteiger partial charge in [-0.15, -0.1) is 6.58 Å². The molecule has 0 saturated heterocycles. The van der Waals surface area contributed by atoms with Gasteiger partial charge < -0.3 is 14.8 Å². The summed E-state index contributed by atoms with van der Waals surface area (Å²) in [7, 11) is 1.62. The molecule has 4 heteroatoms. The molecule has 0 spiro atoms. The number of amides is 1. The molecule has 1 aliphatic rings. The van der Waals surface area contributed by atoms with E-state index in [1.165, 1.54) is 12.8 Å². The van der Waals surface area contributed by atoms with Gasteiger partial charge in [0.05, 0.1) is 13.2 Å². The Labute approximate surface area is 154 Å². The standard InChI is InChI=1S/C22H25NO3/c1-3-6-16-15-17(9-14-21(16)25-2)22(24)23-18-10-12-20(13-11-18)26-19-7-4-5-8-19/h3,9-15,19H,1,4-8H2,2H3,(H,23,24). The fraction of sp³-hybridized carbons (Fsp3) is 0.318. The van der Waals surface area contributed by atoms with Crippen LogP contribution in [0.25, 0.3) is 0 Å². The first kappa shape index (κ1) is 18.1. The lowest BCUT2D eigenvalue weighted by molar-refractivity contribution is 0.102. The monoisotopic (exact) mass is 351 g/mol. The minimum atomic E-state index is -0.151. The molecule has 0 unspecified atom stereocenters. The molecule has 26 heavy (non-hydrogen) atoms. The minimum Gasteiger partial charge on any atom is -0.496 e. The van der Waals surface area contributed by atoms with Gasteiger partial charge in [-0.1, -0.05) is 6.08 Å². The van der Waals surface area contributed by atoms with E-state index in [0.717, 1.165) is 35.6 Å². The van der Waals surface area contributed by atoms with Crippen molar-refractivity contribution in [1.82, 2.24) is 0 Å². The Bertz CT molecular complexity index is 761. The summed E-state index contributed by atoms with van der Waals surface area (Å²) in [6, 6.07) is 13.0. The Morgan fingerprint density at radius 3 is 2.58 bits per heavy atom. The van der Waals surface area contributed by atoms with Gasteiger partial charge in [-0.05, 0) is 80.1 Å². The quantitative estimate of drug-likeness (QED) is 0.714. The molecular weight excluding hydrogens is 326 g/mol. The van der Waals surface area contributed by atoms with Crippen LogP contribution in [0.15, 0.2) is 55.1 Å². The van der Waals surface area contributed by atoms with Crippen LogP contribution in [0.5, 0.6) is 11.5 Å². The first-order valence-electron chi connectivity index (χ1n) is 9.05. The molecule has 1 N–H and O–H groups in total. The summed E-state index contributed by atoms with van der Waals surface area (Å²) in [4.78, 5) is 12.5. The highest BCUT2D eigenvalue weighted by Crippen LogP contribution is 2.25. The van der Waals surface area contributed by atoms with Crippen LogP contribution in [-0.4, -0.2) is 19.1 Å². The Balaban J connectivity index is 1.65. The molecule has 4 nitrogen and oxygen atoms in total. The van der Waals surface area contributed by atoms with Crippen molar-refractivity contribution >= 4 is 11.6 Å². The maximum atomic E-state index is 12.5. The first-order chi connectivity index (χ1) is 12.7. The average Bonchev–Trinajstić information content (AvgIpc) is 3.16. The largest absolute Gasteiger partial charge is 0.496 e. The molecule has 0 heterocycles. The number of carbonyl (C=O) groups is 1. The molecule has 1 saturated carbocycles. The SMILES string of the molecule is C=CCc1cc(C(=O)Nc2ccc(OC3CCCC3)cc2)ccc1OC. The number of methoxy groups -OCH3 is 1. The summed E-state index contributed by atoms with van der Waals surface area (Å²) in [5.41, 5.74) is 2.28. The van der Waals surface area contributed by atoms with Gasteiger partial charge >= 0.3 is 0 Å². The number of hydrogen-bond donors (Lipinski definition) is 1. The molecule has 3 rings (SSSR count). The number of hydrogen-bond acceptors (Lipinski definition) is 3. The highest BCUT2D eigenvalue weighted by atomic mass is 16.5. The van der Waals surface area contributed by atoms with Gasteiger partial charge in [0.1, 0.15) is 11.5 Å². The van der Waals surface area contributed by atoms with E-state index in [1.54, 1.807) is 19.3 Å². The molecule has 0 aromatic heterocycles. The smallest absolute Gasteiger partial charge is 0.255 e. The summed E-state index contributed by atoms with van der Waals surface area (Å²) in [6.07, 6.45) is 7.52. The van der Waals surface area contributed by atoms with E-state index in [2.05, 4.69) is 11.9 Å². The lowest BCUT2D eigenvalue weighted by Crippen LogP contribution is -2.13. The molecule has 1 fully saturated rings. The van der Waals surface area contributed by atoms with Crippen LogP contribution >= 0.6 is 0 Å². The fourth-order valence-corrected chi connectivity index (χ4v) is 3.25. The first-order valence-corrected chi connectivity index (χ1v) is 9.05. The third kappa shape index (κ3) is 4.45. The number of allylic oxidation sites excluding steroid dienone is 1. The normalized spacial score (nSPS) is 14.0. The molecule has 0 radical (unpaired) electrons. The van der Waals surface area contributed by atoms with E-state index in [9.17, 15) is 4.79 Å². The highest BCUT2D eigenvalue weighted by molar-refractivity contribution is 6.04. The van der Waals surface area contributed by atoms with E-state index >= 15 is 0 Å². The fourth-order valence-electron chi connectivity index (χ4n) is 3.25. The third-order valence-corrected chi connectivity index (χ3v) is 4.62. The molecule has 0 atom stereocenters. The summed E-state index contributed by atoms with van der Waals surface area (Å²) in [5.74, 6) is 1.46.